The number of nitrogens with zero attached hydrogens (tertiary/aromatic N) is 2. The van der Waals surface area contributed by atoms with Crippen molar-refractivity contribution in [1.82, 2.24) is 4.90 Å². The number of carbonyl (C=O) groups is 2. The van der Waals surface area contributed by atoms with Crippen molar-refractivity contribution in [3.05, 3.63) is 65.0 Å². The SMILES string of the molecule is Cc1ccc(C(=O)N2CCC3(CC2)CN(c2ccc(F)cc2)C(=O)CO3)cc1C. The quantitative estimate of drug-likeness (QED) is 0.781. The van der Waals surface area contributed by atoms with Crippen LogP contribution in [-0.4, -0.2) is 48.6 Å². The van der Waals surface area contributed by atoms with Crippen LogP contribution in [0.5, 0.6) is 0 Å². The van der Waals surface area contributed by atoms with Gasteiger partial charge in [-0.2, -0.15) is 0 Å². The molecule has 152 valence electrons. The molecule has 6 heteroatoms. The van der Waals surface area contributed by atoms with E-state index in [0.29, 0.717) is 43.7 Å². The second kappa shape index (κ2) is 7.59. The molecule has 2 aliphatic rings. The number of amides is 2. The lowest BCUT2D eigenvalue weighted by molar-refractivity contribution is -0.143. The van der Waals surface area contributed by atoms with Gasteiger partial charge in [0.15, 0.2) is 0 Å². The van der Waals surface area contributed by atoms with Crippen LogP contribution < -0.4 is 4.90 Å². The van der Waals surface area contributed by atoms with Crippen LogP contribution in [-0.2, 0) is 9.53 Å². The van der Waals surface area contributed by atoms with E-state index in [4.69, 9.17) is 4.74 Å². The first-order valence-corrected chi connectivity index (χ1v) is 9.93. The molecule has 5 nitrogen and oxygen atoms in total. The van der Waals surface area contributed by atoms with Gasteiger partial charge in [-0.15, -0.1) is 0 Å². The van der Waals surface area contributed by atoms with Crippen molar-refractivity contribution in [3.8, 4) is 0 Å². The van der Waals surface area contributed by atoms with E-state index < -0.39 is 5.60 Å². The van der Waals surface area contributed by atoms with Gasteiger partial charge >= 0.3 is 0 Å². The van der Waals surface area contributed by atoms with Crippen molar-refractivity contribution < 1.29 is 18.7 Å². The van der Waals surface area contributed by atoms with Crippen LogP contribution in [0.1, 0.15) is 34.3 Å². The van der Waals surface area contributed by atoms with Crippen molar-refractivity contribution in [2.45, 2.75) is 32.3 Å². The third-order valence-electron chi connectivity index (χ3n) is 6.10. The van der Waals surface area contributed by atoms with Crippen LogP contribution in [0.4, 0.5) is 10.1 Å². The standard InChI is InChI=1S/C23H25FN2O3/c1-16-3-4-18(13-17(16)2)22(28)25-11-9-23(10-12-25)15-26(21(27)14-29-23)20-7-5-19(24)6-8-20/h3-8,13H,9-12,14-15H2,1-2H3. The lowest BCUT2D eigenvalue weighted by atomic mass is 9.88. The zero-order valence-corrected chi connectivity index (χ0v) is 16.8. The van der Waals surface area contributed by atoms with E-state index >= 15 is 0 Å². The molecule has 2 saturated heterocycles. The van der Waals surface area contributed by atoms with Gasteiger partial charge < -0.3 is 14.5 Å². The zero-order chi connectivity index (χ0) is 20.6. The number of hydrogen-bond acceptors (Lipinski definition) is 3. The Hall–Kier alpha value is -2.73. The number of benzene rings is 2. The summed E-state index contributed by atoms with van der Waals surface area (Å²) in [6.07, 6.45) is 1.32. The summed E-state index contributed by atoms with van der Waals surface area (Å²) in [6, 6.07) is 11.7. The number of carbonyl (C=O) groups excluding carboxylic acids is 2. The van der Waals surface area contributed by atoms with Crippen molar-refractivity contribution in [1.29, 1.82) is 0 Å². The molecule has 0 saturated carbocycles. The minimum Gasteiger partial charge on any atom is -0.363 e. The topological polar surface area (TPSA) is 49.9 Å². The molecule has 1 spiro atoms. The smallest absolute Gasteiger partial charge is 0.253 e. The van der Waals surface area contributed by atoms with Gasteiger partial charge in [-0.3, -0.25) is 9.59 Å². The molecular weight excluding hydrogens is 371 g/mol. The summed E-state index contributed by atoms with van der Waals surface area (Å²) in [5.74, 6) is -0.427. The maximum Gasteiger partial charge on any atom is 0.253 e. The van der Waals surface area contributed by atoms with Gasteiger partial charge in [-0.1, -0.05) is 6.07 Å². The number of aryl methyl sites for hydroxylation is 2. The highest BCUT2D eigenvalue weighted by Crippen LogP contribution is 2.33. The molecule has 2 aromatic carbocycles. The molecule has 29 heavy (non-hydrogen) atoms. The summed E-state index contributed by atoms with van der Waals surface area (Å²) in [4.78, 5) is 28.8. The van der Waals surface area contributed by atoms with Crippen LogP contribution in [0.25, 0.3) is 0 Å². The van der Waals surface area contributed by atoms with Gasteiger partial charge in [-0.25, -0.2) is 4.39 Å². The maximum absolute atomic E-state index is 13.2. The fourth-order valence-corrected chi connectivity index (χ4v) is 4.05. The highest BCUT2D eigenvalue weighted by atomic mass is 19.1. The Bertz CT molecular complexity index is 934. The Balaban J connectivity index is 1.45. The predicted molar refractivity (Wildman–Crippen MR) is 108 cm³/mol. The van der Waals surface area contributed by atoms with Crippen LogP contribution in [0.15, 0.2) is 42.5 Å². The van der Waals surface area contributed by atoms with Gasteiger partial charge in [0, 0.05) is 24.3 Å². The number of rotatable bonds is 2. The molecule has 2 aliphatic heterocycles. The molecule has 0 atom stereocenters. The fraction of sp³-hybridized carbons (Fsp3) is 0.391. The van der Waals surface area contributed by atoms with Gasteiger partial charge in [0.1, 0.15) is 12.4 Å². The molecule has 4 rings (SSSR count). The summed E-state index contributed by atoms with van der Waals surface area (Å²) in [5, 5.41) is 0. The first-order chi connectivity index (χ1) is 13.9. The Kier molecular flexibility index (Phi) is 5.13. The van der Waals surface area contributed by atoms with Crippen molar-refractivity contribution in [2.24, 2.45) is 0 Å². The van der Waals surface area contributed by atoms with E-state index in [-0.39, 0.29) is 24.2 Å². The second-order valence-electron chi connectivity index (χ2n) is 8.02. The van der Waals surface area contributed by atoms with Crippen molar-refractivity contribution in [3.63, 3.8) is 0 Å². The summed E-state index contributed by atoms with van der Waals surface area (Å²) in [7, 11) is 0. The highest BCUT2D eigenvalue weighted by molar-refractivity contribution is 5.95. The van der Waals surface area contributed by atoms with Crippen molar-refractivity contribution >= 4 is 17.5 Å². The Morgan fingerprint density at radius 1 is 1.03 bits per heavy atom. The summed E-state index contributed by atoms with van der Waals surface area (Å²) < 4.78 is 19.2. The molecule has 0 N–H and O–H groups in total. The van der Waals surface area contributed by atoms with E-state index in [1.54, 1.807) is 17.0 Å². The number of morpholine rings is 1. The molecule has 0 aliphatic carbocycles. The second-order valence-corrected chi connectivity index (χ2v) is 8.02. The third kappa shape index (κ3) is 3.90. The Morgan fingerprint density at radius 3 is 2.38 bits per heavy atom. The molecule has 2 heterocycles. The number of piperidine rings is 1. The van der Waals surface area contributed by atoms with E-state index in [1.165, 1.54) is 17.7 Å². The number of halogens is 1. The molecular formula is C23H25FN2O3. The molecule has 0 aromatic heterocycles. The van der Waals surface area contributed by atoms with Gasteiger partial charge in [0.2, 0.25) is 0 Å². The number of ether oxygens (including phenoxy) is 1. The molecule has 0 radical (unpaired) electrons. The monoisotopic (exact) mass is 396 g/mol. The average molecular weight is 396 g/mol. The minimum absolute atomic E-state index is 0.00246. The lowest BCUT2D eigenvalue weighted by Gasteiger charge is -2.47. The molecule has 2 amide bonds. The molecule has 2 fully saturated rings. The van der Waals surface area contributed by atoms with Gasteiger partial charge in [0.05, 0.1) is 12.1 Å². The minimum atomic E-state index is -0.470. The van der Waals surface area contributed by atoms with E-state index in [2.05, 4.69) is 0 Å². The van der Waals surface area contributed by atoms with E-state index in [0.717, 1.165) is 5.56 Å². The van der Waals surface area contributed by atoms with Crippen LogP contribution in [0, 0.1) is 19.7 Å². The van der Waals surface area contributed by atoms with E-state index in [9.17, 15) is 14.0 Å². The lowest BCUT2D eigenvalue weighted by Crippen LogP contribution is -2.59. The van der Waals surface area contributed by atoms with Crippen molar-refractivity contribution in [2.75, 3.05) is 31.1 Å². The fourth-order valence-electron chi connectivity index (χ4n) is 4.05. The first kappa shape index (κ1) is 19.6. The Morgan fingerprint density at radius 2 is 1.72 bits per heavy atom. The van der Waals surface area contributed by atoms with Gasteiger partial charge in [-0.05, 0) is 74.2 Å². The normalized spacial score (nSPS) is 18.9. The largest absolute Gasteiger partial charge is 0.363 e. The zero-order valence-electron chi connectivity index (χ0n) is 16.8. The predicted octanol–water partition coefficient (Wildman–Crippen LogP) is 3.48. The van der Waals surface area contributed by atoms with Crippen LogP contribution in [0.2, 0.25) is 0 Å². The van der Waals surface area contributed by atoms with E-state index in [1.807, 2.05) is 36.9 Å². The Labute approximate surface area is 170 Å². The number of anilines is 1. The third-order valence-corrected chi connectivity index (χ3v) is 6.10. The molecule has 2 aromatic rings. The number of hydrogen-bond donors (Lipinski definition) is 0. The average Bonchev–Trinajstić information content (AvgIpc) is 2.73. The van der Waals surface area contributed by atoms with Gasteiger partial charge in [0.25, 0.3) is 11.8 Å². The summed E-state index contributed by atoms with van der Waals surface area (Å²) in [6.45, 7) is 5.62. The highest BCUT2D eigenvalue weighted by Gasteiger charge is 2.43. The number of likely N-dealkylation sites (tertiary alicyclic amines) is 1. The van der Waals surface area contributed by atoms with Crippen LogP contribution >= 0.6 is 0 Å². The molecule has 0 unspecified atom stereocenters. The summed E-state index contributed by atoms with van der Waals surface area (Å²) >= 11 is 0. The van der Waals surface area contributed by atoms with Crippen LogP contribution in [0.3, 0.4) is 0 Å². The molecule has 0 bridgehead atoms. The summed E-state index contributed by atoms with van der Waals surface area (Å²) in [5.41, 5.74) is 3.18. The maximum atomic E-state index is 13.2. The first-order valence-electron chi connectivity index (χ1n) is 9.93.